The van der Waals surface area contributed by atoms with Crippen molar-refractivity contribution in [1.29, 1.82) is 0 Å². The number of allylic oxidation sites excluding steroid dienone is 1. The fourth-order valence-corrected chi connectivity index (χ4v) is 1.24. The molecule has 0 amide bonds. The van der Waals surface area contributed by atoms with Crippen molar-refractivity contribution >= 4 is 0 Å². The van der Waals surface area contributed by atoms with Gasteiger partial charge < -0.3 is 5.73 Å². The number of rotatable bonds is 4. The molecule has 1 atom stereocenters. The Kier molecular flexibility index (Phi) is 4.06. The first-order valence-electron chi connectivity index (χ1n) is 4.84. The van der Waals surface area contributed by atoms with E-state index in [9.17, 15) is 13.2 Å². The Morgan fingerprint density at radius 2 is 2.12 bits per heavy atom. The zero-order valence-corrected chi connectivity index (χ0v) is 8.67. The van der Waals surface area contributed by atoms with E-state index in [0.717, 1.165) is 12.3 Å². The summed E-state index contributed by atoms with van der Waals surface area (Å²) in [5.74, 6) is 0. The SMILES string of the molecule is C=CCCC(N)c1ccc(C(F)(F)F)cn1. The van der Waals surface area contributed by atoms with Crippen molar-refractivity contribution in [3.8, 4) is 0 Å². The summed E-state index contributed by atoms with van der Waals surface area (Å²) in [6.07, 6.45) is -0.491. The van der Waals surface area contributed by atoms with Gasteiger partial charge in [-0.05, 0) is 25.0 Å². The molecule has 1 rings (SSSR count). The van der Waals surface area contributed by atoms with E-state index >= 15 is 0 Å². The minimum absolute atomic E-state index is 0.347. The fraction of sp³-hybridized carbons (Fsp3) is 0.364. The van der Waals surface area contributed by atoms with Crippen LogP contribution in [-0.2, 0) is 6.18 Å². The molecule has 0 aliphatic heterocycles. The van der Waals surface area contributed by atoms with Crippen LogP contribution >= 0.6 is 0 Å². The summed E-state index contributed by atoms with van der Waals surface area (Å²) in [5.41, 5.74) is 5.46. The van der Waals surface area contributed by atoms with E-state index in [1.54, 1.807) is 6.08 Å². The van der Waals surface area contributed by atoms with Crippen molar-refractivity contribution in [3.63, 3.8) is 0 Å². The lowest BCUT2D eigenvalue weighted by atomic mass is 10.1. The van der Waals surface area contributed by atoms with Crippen LogP contribution in [-0.4, -0.2) is 4.98 Å². The van der Waals surface area contributed by atoms with Crippen LogP contribution in [0.5, 0.6) is 0 Å². The van der Waals surface area contributed by atoms with E-state index in [-0.39, 0.29) is 6.04 Å². The summed E-state index contributed by atoms with van der Waals surface area (Å²) in [7, 11) is 0. The number of alkyl halides is 3. The molecule has 0 aliphatic rings. The van der Waals surface area contributed by atoms with Crippen molar-refractivity contribution < 1.29 is 13.2 Å². The number of pyridine rings is 1. The largest absolute Gasteiger partial charge is 0.417 e. The molecule has 1 heterocycles. The fourth-order valence-electron chi connectivity index (χ4n) is 1.24. The number of hydrogen-bond acceptors (Lipinski definition) is 2. The van der Waals surface area contributed by atoms with E-state index in [4.69, 9.17) is 5.73 Å². The van der Waals surface area contributed by atoms with Gasteiger partial charge in [-0.3, -0.25) is 4.98 Å². The highest BCUT2D eigenvalue weighted by Gasteiger charge is 2.30. The maximum absolute atomic E-state index is 12.2. The lowest BCUT2D eigenvalue weighted by molar-refractivity contribution is -0.137. The van der Waals surface area contributed by atoms with Crippen molar-refractivity contribution in [2.45, 2.75) is 25.1 Å². The third-order valence-electron chi connectivity index (χ3n) is 2.18. The molecule has 1 unspecified atom stereocenters. The van der Waals surface area contributed by atoms with E-state index in [0.29, 0.717) is 18.5 Å². The van der Waals surface area contributed by atoms with Crippen LogP contribution in [0.3, 0.4) is 0 Å². The Hall–Kier alpha value is -1.36. The molecule has 0 aromatic carbocycles. The predicted octanol–water partition coefficient (Wildman–Crippen LogP) is 3.07. The van der Waals surface area contributed by atoms with Gasteiger partial charge in [0.1, 0.15) is 0 Å². The second-order valence-electron chi connectivity index (χ2n) is 3.44. The average molecular weight is 230 g/mol. The Morgan fingerprint density at radius 1 is 1.44 bits per heavy atom. The highest BCUT2D eigenvalue weighted by atomic mass is 19.4. The molecule has 0 fully saturated rings. The maximum atomic E-state index is 12.2. The minimum atomic E-state index is -4.35. The molecule has 5 heteroatoms. The molecule has 0 bridgehead atoms. The van der Waals surface area contributed by atoms with Crippen LogP contribution in [0.2, 0.25) is 0 Å². The van der Waals surface area contributed by atoms with Crippen LogP contribution in [0.15, 0.2) is 31.0 Å². The van der Waals surface area contributed by atoms with Crippen molar-refractivity contribution in [2.75, 3.05) is 0 Å². The summed E-state index contributed by atoms with van der Waals surface area (Å²) >= 11 is 0. The molecule has 0 radical (unpaired) electrons. The van der Waals surface area contributed by atoms with Crippen LogP contribution in [0, 0.1) is 0 Å². The zero-order valence-electron chi connectivity index (χ0n) is 8.67. The Morgan fingerprint density at radius 3 is 2.56 bits per heavy atom. The first kappa shape index (κ1) is 12.7. The quantitative estimate of drug-likeness (QED) is 0.807. The standard InChI is InChI=1S/C11H13F3N2/c1-2-3-4-9(15)10-6-5-8(7-16-10)11(12,13)14/h2,5-7,9H,1,3-4,15H2. The number of aromatic nitrogens is 1. The molecule has 0 saturated carbocycles. The smallest absolute Gasteiger partial charge is 0.323 e. The molecule has 0 aliphatic carbocycles. The number of nitrogens with zero attached hydrogens (tertiary/aromatic N) is 1. The van der Waals surface area contributed by atoms with Gasteiger partial charge in [0.15, 0.2) is 0 Å². The Bertz CT molecular complexity index is 343. The van der Waals surface area contributed by atoms with Gasteiger partial charge in [0, 0.05) is 12.2 Å². The highest BCUT2D eigenvalue weighted by Crippen LogP contribution is 2.29. The van der Waals surface area contributed by atoms with Crippen molar-refractivity contribution in [2.24, 2.45) is 5.73 Å². The summed E-state index contributed by atoms with van der Waals surface area (Å²) < 4.78 is 36.7. The van der Waals surface area contributed by atoms with Gasteiger partial charge in [-0.25, -0.2) is 0 Å². The molecule has 0 saturated heterocycles. The van der Waals surface area contributed by atoms with E-state index in [1.807, 2.05) is 0 Å². The lowest BCUT2D eigenvalue weighted by Gasteiger charge is -2.11. The van der Waals surface area contributed by atoms with Gasteiger partial charge in [0.25, 0.3) is 0 Å². The minimum Gasteiger partial charge on any atom is -0.323 e. The summed E-state index contributed by atoms with van der Waals surface area (Å²) in [6, 6.07) is 1.97. The molecule has 2 nitrogen and oxygen atoms in total. The number of nitrogens with two attached hydrogens (primary N) is 1. The normalized spacial score (nSPS) is 13.5. The topological polar surface area (TPSA) is 38.9 Å². The Balaban J connectivity index is 2.74. The zero-order chi connectivity index (χ0) is 12.2. The van der Waals surface area contributed by atoms with E-state index in [1.165, 1.54) is 6.07 Å². The van der Waals surface area contributed by atoms with E-state index < -0.39 is 11.7 Å². The second-order valence-corrected chi connectivity index (χ2v) is 3.44. The third kappa shape index (κ3) is 3.34. The monoisotopic (exact) mass is 230 g/mol. The van der Waals surface area contributed by atoms with Crippen LogP contribution in [0.25, 0.3) is 0 Å². The van der Waals surface area contributed by atoms with Crippen molar-refractivity contribution in [3.05, 3.63) is 42.2 Å². The molecule has 0 spiro atoms. The molecule has 88 valence electrons. The maximum Gasteiger partial charge on any atom is 0.417 e. The third-order valence-corrected chi connectivity index (χ3v) is 2.18. The molecular formula is C11H13F3N2. The highest BCUT2D eigenvalue weighted by molar-refractivity contribution is 5.18. The number of halogens is 3. The van der Waals surface area contributed by atoms with Crippen LogP contribution in [0.1, 0.15) is 30.1 Å². The number of hydrogen-bond donors (Lipinski definition) is 1. The predicted molar refractivity (Wildman–Crippen MR) is 55.6 cm³/mol. The second kappa shape index (κ2) is 5.12. The molecule has 1 aromatic rings. The molecular weight excluding hydrogens is 217 g/mol. The average Bonchev–Trinajstić information content (AvgIpc) is 2.25. The van der Waals surface area contributed by atoms with Crippen molar-refractivity contribution in [1.82, 2.24) is 4.98 Å². The van der Waals surface area contributed by atoms with Gasteiger partial charge in [-0.1, -0.05) is 6.08 Å². The van der Waals surface area contributed by atoms with Gasteiger partial charge in [0.05, 0.1) is 11.3 Å². The van der Waals surface area contributed by atoms with Crippen LogP contribution in [0.4, 0.5) is 13.2 Å². The summed E-state index contributed by atoms with van der Waals surface area (Å²) in [5, 5.41) is 0. The van der Waals surface area contributed by atoms with Gasteiger partial charge in [-0.15, -0.1) is 6.58 Å². The van der Waals surface area contributed by atoms with Gasteiger partial charge in [-0.2, -0.15) is 13.2 Å². The molecule has 16 heavy (non-hydrogen) atoms. The summed E-state index contributed by atoms with van der Waals surface area (Å²) in [6.45, 7) is 3.55. The Labute approximate surface area is 92.0 Å². The summed E-state index contributed by atoms with van der Waals surface area (Å²) in [4.78, 5) is 3.72. The first-order valence-corrected chi connectivity index (χ1v) is 4.84. The molecule has 2 N–H and O–H groups in total. The van der Waals surface area contributed by atoms with Gasteiger partial charge in [0.2, 0.25) is 0 Å². The first-order chi connectivity index (χ1) is 7.45. The van der Waals surface area contributed by atoms with Crippen LogP contribution < -0.4 is 5.73 Å². The van der Waals surface area contributed by atoms with E-state index in [2.05, 4.69) is 11.6 Å². The van der Waals surface area contributed by atoms with Gasteiger partial charge >= 0.3 is 6.18 Å². The molecule has 1 aromatic heterocycles. The lowest BCUT2D eigenvalue weighted by Crippen LogP contribution is -2.13.